The summed E-state index contributed by atoms with van der Waals surface area (Å²) in [5.74, 6) is -0.0930. The number of nitrogens with zero attached hydrogens (tertiary/aromatic N) is 2. The van der Waals surface area contributed by atoms with Gasteiger partial charge < -0.3 is 10.1 Å². The number of amides is 1. The smallest absolute Gasteiger partial charge is 0.241 e. The number of para-hydroxylation sites is 1. The first kappa shape index (κ1) is 13.5. The largest absolute Gasteiger partial charge is 0.379 e. The zero-order valence-electron chi connectivity index (χ0n) is 10.9. The second kappa shape index (κ2) is 6.32. The summed E-state index contributed by atoms with van der Waals surface area (Å²) in [4.78, 5) is 14.3. The Morgan fingerprint density at radius 2 is 2.11 bits per heavy atom. The van der Waals surface area contributed by atoms with E-state index in [4.69, 9.17) is 10.00 Å². The number of ether oxygens (including phenoxy) is 1. The van der Waals surface area contributed by atoms with Crippen molar-refractivity contribution < 1.29 is 9.53 Å². The first-order valence-electron chi connectivity index (χ1n) is 6.34. The molecule has 100 valence electrons. The maximum atomic E-state index is 12.2. The third-order valence-electron chi connectivity index (χ3n) is 3.28. The number of anilines is 1. The molecule has 1 heterocycles. The van der Waals surface area contributed by atoms with Crippen LogP contribution in [0.5, 0.6) is 0 Å². The molecule has 0 bridgehead atoms. The first-order valence-corrected chi connectivity index (χ1v) is 6.34. The Bertz CT molecular complexity index is 490. The van der Waals surface area contributed by atoms with Crippen molar-refractivity contribution in [3.8, 4) is 6.07 Å². The van der Waals surface area contributed by atoms with Gasteiger partial charge in [-0.3, -0.25) is 9.69 Å². The van der Waals surface area contributed by atoms with Crippen LogP contribution in [-0.4, -0.2) is 43.2 Å². The van der Waals surface area contributed by atoms with Gasteiger partial charge in [0.15, 0.2) is 0 Å². The number of rotatable bonds is 3. The Labute approximate surface area is 112 Å². The summed E-state index contributed by atoms with van der Waals surface area (Å²) >= 11 is 0. The summed E-state index contributed by atoms with van der Waals surface area (Å²) < 4.78 is 5.27. The van der Waals surface area contributed by atoms with Gasteiger partial charge in [-0.15, -0.1) is 0 Å². The lowest BCUT2D eigenvalue weighted by atomic mass is 10.1. The highest BCUT2D eigenvalue weighted by molar-refractivity contribution is 5.95. The van der Waals surface area contributed by atoms with E-state index in [-0.39, 0.29) is 11.9 Å². The van der Waals surface area contributed by atoms with Gasteiger partial charge >= 0.3 is 0 Å². The molecule has 1 aliphatic heterocycles. The molecule has 0 radical (unpaired) electrons. The van der Waals surface area contributed by atoms with E-state index in [9.17, 15) is 4.79 Å². The Hall–Kier alpha value is -1.90. The second-order valence-corrected chi connectivity index (χ2v) is 4.47. The molecule has 5 nitrogen and oxygen atoms in total. The summed E-state index contributed by atoms with van der Waals surface area (Å²) in [5.41, 5.74) is 1.04. The van der Waals surface area contributed by atoms with Crippen LogP contribution in [0.4, 0.5) is 5.69 Å². The maximum Gasteiger partial charge on any atom is 0.241 e. The molecule has 1 N–H and O–H groups in total. The molecule has 1 amide bonds. The minimum absolute atomic E-state index is 0.0930. The highest BCUT2D eigenvalue weighted by Gasteiger charge is 2.23. The Morgan fingerprint density at radius 1 is 1.42 bits per heavy atom. The Kier molecular flexibility index (Phi) is 4.50. The predicted molar refractivity (Wildman–Crippen MR) is 71.6 cm³/mol. The van der Waals surface area contributed by atoms with E-state index in [1.807, 2.05) is 6.92 Å². The quantitative estimate of drug-likeness (QED) is 0.886. The average molecular weight is 259 g/mol. The fourth-order valence-electron chi connectivity index (χ4n) is 2.06. The van der Waals surface area contributed by atoms with Crippen LogP contribution in [0.15, 0.2) is 24.3 Å². The number of morpholine rings is 1. The van der Waals surface area contributed by atoms with Gasteiger partial charge in [0, 0.05) is 13.1 Å². The number of nitrogens with one attached hydrogen (secondary N) is 1. The molecular weight excluding hydrogens is 242 g/mol. The van der Waals surface area contributed by atoms with Gasteiger partial charge in [0.1, 0.15) is 6.07 Å². The molecular formula is C14H17N3O2. The van der Waals surface area contributed by atoms with Crippen LogP contribution in [-0.2, 0) is 9.53 Å². The molecule has 0 aliphatic carbocycles. The van der Waals surface area contributed by atoms with Gasteiger partial charge in [0.05, 0.1) is 30.5 Å². The number of hydrogen-bond donors (Lipinski definition) is 1. The molecule has 1 fully saturated rings. The standard InChI is InChI=1S/C14H17N3O2/c1-11(17-6-8-19-9-7-17)14(18)16-13-5-3-2-4-12(13)10-15/h2-5,11H,6-9H2,1H3,(H,16,18)/t11-/m1/s1. The first-order chi connectivity index (χ1) is 9.22. The van der Waals surface area contributed by atoms with Crippen molar-refractivity contribution in [2.75, 3.05) is 31.6 Å². The highest BCUT2D eigenvalue weighted by Crippen LogP contribution is 2.15. The Morgan fingerprint density at radius 3 is 2.79 bits per heavy atom. The van der Waals surface area contributed by atoms with Gasteiger partial charge in [0.25, 0.3) is 0 Å². The zero-order chi connectivity index (χ0) is 13.7. The van der Waals surface area contributed by atoms with E-state index in [0.717, 1.165) is 13.1 Å². The van der Waals surface area contributed by atoms with Gasteiger partial charge in [-0.1, -0.05) is 12.1 Å². The molecule has 0 aromatic heterocycles. The van der Waals surface area contributed by atoms with Crippen LogP contribution in [0.2, 0.25) is 0 Å². The van der Waals surface area contributed by atoms with Crippen LogP contribution in [0, 0.1) is 11.3 Å². The van der Waals surface area contributed by atoms with Crippen LogP contribution in [0.25, 0.3) is 0 Å². The fourth-order valence-corrected chi connectivity index (χ4v) is 2.06. The number of nitriles is 1. The lowest BCUT2D eigenvalue weighted by Crippen LogP contribution is -2.47. The number of carbonyl (C=O) groups is 1. The Balaban J connectivity index is 2.02. The minimum atomic E-state index is -0.226. The number of carbonyl (C=O) groups excluding carboxylic acids is 1. The van der Waals surface area contributed by atoms with Gasteiger partial charge in [-0.05, 0) is 19.1 Å². The summed E-state index contributed by atoms with van der Waals surface area (Å²) in [5, 5.41) is 11.8. The maximum absolute atomic E-state index is 12.2. The van der Waals surface area contributed by atoms with Crippen molar-refractivity contribution >= 4 is 11.6 Å². The normalized spacial score (nSPS) is 17.5. The topological polar surface area (TPSA) is 65.4 Å². The fraction of sp³-hybridized carbons (Fsp3) is 0.429. The molecule has 1 aromatic rings. The molecule has 0 spiro atoms. The summed E-state index contributed by atoms with van der Waals surface area (Å²) in [6.45, 7) is 4.71. The number of hydrogen-bond acceptors (Lipinski definition) is 4. The zero-order valence-corrected chi connectivity index (χ0v) is 10.9. The molecule has 19 heavy (non-hydrogen) atoms. The van der Waals surface area contributed by atoms with Crippen molar-refractivity contribution in [3.05, 3.63) is 29.8 Å². The van der Waals surface area contributed by atoms with Crippen LogP contribution in [0.3, 0.4) is 0 Å². The average Bonchev–Trinajstić information content (AvgIpc) is 2.48. The van der Waals surface area contributed by atoms with Crippen molar-refractivity contribution in [1.29, 1.82) is 5.26 Å². The van der Waals surface area contributed by atoms with Crippen LogP contribution < -0.4 is 5.32 Å². The molecule has 0 unspecified atom stereocenters. The molecule has 1 saturated heterocycles. The van der Waals surface area contributed by atoms with Crippen molar-refractivity contribution in [1.82, 2.24) is 4.90 Å². The van der Waals surface area contributed by atoms with Crippen molar-refractivity contribution in [2.45, 2.75) is 13.0 Å². The molecule has 5 heteroatoms. The molecule has 1 aromatic carbocycles. The molecule has 1 atom stereocenters. The van der Waals surface area contributed by atoms with E-state index < -0.39 is 0 Å². The van der Waals surface area contributed by atoms with Gasteiger partial charge in [-0.2, -0.15) is 5.26 Å². The number of benzene rings is 1. The highest BCUT2D eigenvalue weighted by atomic mass is 16.5. The minimum Gasteiger partial charge on any atom is -0.379 e. The van der Waals surface area contributed by atoms with Crippen molar-refractivity contribution in [2.24, 2.45) is 0 Å². The van der Waals surface area contributed by atoms with E-state index in [0.29, 0.717) is 24.5 Å². The molecule has 0 saturated carbocycles. The summed E-state index contributed by atoms with van der Waals surface area (Å²) in [6.07, 6.45) is 0. The third kappa shape index (κ3) is 3.31. The van der Waals surface area contributed by atoms with Gasteiger partial charge in [-0.25, -0.2) is 0 Å². The monoisotopic (exact) mass is 259 g/mol. The van der Waals surface area contributed by atoms with E-state index in [1.54, 1.807) is 24.3 Å². The molecule has 2 rings (SSSR count). The molecule has 1 aliphatic rings. The van der Waals surface area contributed by atoms with E-state index in [1.165, 1.54) is 0 Å². The lowest BCUT2D eigenvalue weighted by molar-refractivity contribution is -0.122. The van der Waals surface area contributed by atoms with E-state index in [2.05, 4.69) is 16.3 Å². The summed E-state index contributed by atoms with van der Waals surface area (Å²) in [6, 6.07) is 8.85. The third-order valence-corrected chi connectivity index (χ3v) is 3.28. The van der Waals surface area contributed by atoms with E-state index >= 15 is 0 Å². The second-order valence-electron chi connectivity index (χ2n) is 4.47. The summed E-state index contributed by atoms with van der Waals surface area (Å²) in [7, 11) is 0. The predicted octanol–water partition coefficient (Wildman–Crippen LogP) is 1.22. The van der Waals surface area contributed by atoms with Crippen LogP contribution >= 0.6 is 0 Å². The van der Waals surface area contributed by atoms with Crippen molar-refractivity contribution in [3.63, 3.8) is 0 Å². The SMILES string of the molecule is C[C@H](C(=O)Nc1ccccc1C#N)N1CCOCC1. The lowest BCUT2D eigenvalue weighted by Gasteiger charge is -2.31. The van der Waals surface area contributed by atoms with Gasteiger partial charge in [0.2, 0.25) is 5.91 Å². The van der Waals surface area contributed by atoms with Crippen LogP contribution in [0.1, 0.15) is 12.5 Å².